The molecule has 0 spiro atoms. The molecule has 0 unspecified atom stereocenters. The number of aliphatic hydroxyl groups excluding tert-OH is 1. The van der Waals surface area contributed by atoms with Crippen molar-refractivity contribution in [1.29, 1.82) is 0 Å². The Labute approximate surface area is 89.9 Å². The highest BCUT2D eigenvalue weighted by Gasteiger charge is 2.44. The fourth-order valence-corrected chi connectivity index (χ4v) is 2.29. The van der Waals surface area contributed by atoms with Gasteiger partial charge in [-0.05, 0) is 25.3 Å². The van der Waals surface area contributed by atoms with Crippen molar-refractivity contribution in [2.24, 2.45) is 5.41 Å². The third kappa shape index (κ3) is 1.82. The van der Waals surface area contributed by atoms with Gasteiger partial charge in [-0.1, -0.05) is 30.3 Å². The Hall–Kier alpha value is -1.15. The van der Waals surface area contributed by atoms with Crippen LogP contribution >= 0.6 is 0 Å². The summed E-state index contributed by atoms with van der Waals surface area (Å²) in [7, 11) is 0. The van der Waals surface area contributed by atoms with Gasteiger partial charge in [-0.15, -0.1) is 0 Å². The number of rotatable bonds is 2. The van der Waals surface area contributed by atoms with Gasteiger partial charge in [0.05, 0.1) is 11.5 Å². The topological polar surface area (TPSA) is 37.3 Å². The molecule has 1 fully saturated rings. The molecule has 0 aliphatic heterocycles. The van der Waals surface area contributed by atoms with Crippen LogP contribution in [0.5, 0.6) is 0 Å². The normalized spacial score (nSPS) is 30.8. The van der Waals surface area contributed by atoms with Crippen LogP contribution in [0.1, 0.15) is 25.3 Å². The van der Waals surface area contributed by atoms with E-state index in [-0.39, 0.29) is 5.78 Å². The molecule has 0 saturated heterocycles. The Morgan fingerprint density at radius 3 is 2.60 bits per heavy atom. The average molecular weight is 204 g/mol. The fourth-order valence-electron chi connectivity index (χ4n) is 2.29. The molecule has 0 bridgehead atoms. The summed E-state index contributed by atoms with van der Waals surface area (Å²) in [6, 6.07) is 9.89. The lowest BCUT2D eigenvalue weighted by molar-refractivity contribution is -0.128. The number of benzene rings is 1. The quantitative estimate of drug-likeness (QED) is 0.799. The van der Waals surface area contributed by atoms with Crippen LogP contribution in [0.4, 0.5) is 0 Å². The summed E-state index contributed by atoms with van der Waals surface area (Å²) in [4.78, 5) is 11.8. The zero-order valence-corrected chi connectivity index (χ0v) is 8.94. The molecule has 2 rings (SSSR count). The van der Waals surface area contributed by atoms with E-state index in [9.17, 15) is 9.90 Å². The minimum Gasteiger partial charge on any atom is -0.392 e. The highest BCUT2D eigenvalue weighted by atomic mass is 16.3. The molecule has 1 aliphatic rings. The predicted molar refractivity (Wildman–Crippen MR) is 58.5 cm³/mol. The third-order valence-electron chi connectivity index (χ3n) is 3.43. The van der Waals surface area contributed by atoms with E-state index >= 15 is 0 Å². The van der Waals surface area contributed by atoms with Crippen LogP contribution < -0.4 is 0 Å². The van der Waals surface area contributed by atoms with E-state index in [2.05, 4.69) is 0 Å². The second kappa shape index (κ2) is 3.78. The smallest absolute Gasteiger partial charge is 0.141 e. The minimum absolute atomic E-state index is 0.193. The summed E-state index contributed by atoms with van der Waals surface area (Å²) in [5.41, 5.74) is 0.552. The van der Waals surface area contributed by atoms with Crippen molar-refractivity contribution in [2.75, 3.05) is 0 Å². The van der Waals surface area contributed by atoms with E-state index in [1.165, 1.54) is 0 Å². The maximum absolute atomic E-state index is 11.8. The fraction of sp³-hybridized carbons (Fsp3) is 0.462. The van der Waals surface area contributed by atoms with Crippen LogP contribution in [0.15, 0.2) is 30.3 Å². The summed E-state index contributed by atoms with van der Waals surface area (Å²) in [5.74, 6) is 0.193. The van der Waals surface area contributed by atoms with E-state index in [4.69, 9.17) is 0 Å². The van der Waals surface area contributed by atoms with Gasteiger partial charge in [-0.3, -0.25) is 4.79 Å². The van der Waals surface area contributed by atoms with Crippen LogP contribution in [0.3, 0.4) is 0 Å². The molecular formula is C13H16O2. The monoisotopic (exact) mass is 204 g/mol. The number of hydrogen-bond acceptors (Lipinski definition) is 2. The molecule has 0 aromatic heterocycles. The Kier molecular flexibility index (Phi) is 2.61. The maximum atomic E-state index is 11.8. The van der Waals surface area contributed by atoms with Gasteiger partial charge >= 0.3 is 0 Å². The second-order valence-corrected chi connectivity index (χ2v) is 4.56. The zero-order valence-electron chi connectivity index (χ0n) is 8.94. The van der Waals surface area contributed by atoms with Gasteiger partial charge in [0.2, 0.25) is 0 Å². The first kappa shape index (κ1) is 10.4. The van der Waals surface area contributed by atoms with Gasteiger partial charge in [0.15, 0.2) is 0 Å². The van der Waals surface area contributed by atoms with E-state index < -0.39 is 11.5 Å². The Bertz CT molecular complexity index is 358. The van der Waals surface area contributed by atoms with Gasteiger partial charge in [-0.25, -0.2) is 0 Å². The van der Waals surface area contributed by atoms with Crippen molar-refractivity contribution in [3.8, 4) is 0 Å². The highest BCUT2D eigenvalue weighted by Crippen LogP contribution is 2.37. The van der Waals surface area contributed by atoms with Gasteiger partial charge in [-0.2, -0.15) is 0 Å². The molecule has 0 radical (unpaired) electrons. The van der Waals surface area contributed by atoms with E-state index in [0.29, 0.717) is 19.3 Å². The van der Waals surface area contributed by atoms with Crippen LogP contribution in [0.2, 0.25) is 0 Å². The molecule has 80 valence electrons. The summed E-state index contributed by atoms with van der Waals surface area (Å²) in [6.45, 7) is 1.88. The van der Waals surface area contributed by atoms with Gasteiger partial charge < -0.3 is 5.11 Å². The SMILES string of the molecule is C[C@@]1(Cc2ccccc2)C(=O)CC[C@@H]1O. The molecule has 1 N–H and O–H groups in total. The maximum Gasteiger partial charge on any atom is 0.141 e. The molecule has 2 atom stereocenters. The molecule has 1 aromatic carbocycles. The number of carbonyl (C=O) groups excluding carboxylic acids is 1. The zero-order chi connectivity index (χ0) is 10.9. The third-order valence-corrected chi connectivity index (χ3v) is 3.43. The lowest BCUT2D eigenvalue weighted by Gasteiger charge is -2.26. The molecule has 2 heteroatoms. The highest BCUT2D eigenvalue weighted by molar-refractivity contribution is 5.87. The van der Waals surface area contributed by atoms with Crippen LogP contribution in [0, 0.1) is 5.41 Å². The van der Waals surface area contributed by atoms with Gasteiger partial charge in [0.25, 0.3) is 0 Å². The minimum atomic E-state index is -0.568. The van der Waals surface area contributed by atoms with Crippen LogP contribution in [-0.4, -0.2) is 17.0 Å². The number of hydrogen-bond donors (Lipinski definition) is 1. The van der Waals surface area contributed by atoms with Crippen molar-refractivity contribution < 1.29 is 9.90 Å². The van der Waals surface area contributed by atoms with E-state index in [1.54, 1.807) is 0 Å². The Morgan fingerprint density at radius 1 is 1.40 bits per heavy atom. The average Bonchev–Trinajstić information content (AvgIpc) is 2.48. The first-order chi connectivity index (χ1) is 7.13. The molecule has 1 aromatic rings. The molecule has 0 amide bonds. The second-order valence-electron chi connectivity index (χ2n) is 4.56. The lowest BCUT2D eigenvalue weighted by atomic mass is 9.79. The van der Waals surface area contributed by atoms with Gasteiger partial charge in [0.1, 0.15) is 5.78 Å². The first-order valence-electron chi connectivity index (χ1n) is 5.38. The predicted octanol–water partition coefficient (Wildman–Crippen LogP) is 1.96. The molecule has 0 heterocycles. The molecule has 2 nitrogen and oxygen atoms in total. The molecule has 15 heavy (non-hydrogen) atoms. The summed E-state index contributed by atoms with van der Waals surface area (Å²) >= 11 is 0. The number of Topliss-reactive ketones (excluding diaryl/α,β-unsaturated/α-hetero) is 1. The van der Waals surface area contributed by atoms with Crippen molar-refractivity contribution in [3.05, 3.63) is 35.9 Å². The molecular weight excluding hydrogens is 188 g/mol. The Morgan fingerprint density at radius 2 is 2.07 bits per heavy atom. The molecule has 1 saturated carbocycles. The van der Waals surface area contributed by atoms with Crippen molar-refractivity contribution in [2.45, 2.75) is 32.3 Å². The van der Waals surface area contributed by atoms with E-state index in [1.807, 2.05) is 37.3 Å². The van der Waals surface area contributed by atoms with Crippen LogP contribution in [0.25, 0.3) is 0 Å². The first-order valence-corrected chi connectivity index (χ1v) is 5.38. The Balaban J connectivity index is 2.21. The lowest BCUT2D eigenvalue weighted by Crippen LogP contribution is -2.35. The van der Waals surface area contributed by atoms with Crippen molar-refractivity contribution >= 4 is 5.78 Å². The summed E-state index contributed by atoms with van der Waals surface area (Å²) < 4.78 is 0. The largest absolute Gasteiger partial charge is 0.392 e. The van der Waals surface area contributed by atoms with Crippen molar-refractivity contribution in [1.82, 2.24) is 0 Å². The van der Waals surface area contributed by atoms with Crippen molar-refractivity contribution in [3.63, 3.8) is 0 Å². The standard InChI is InChI=1S/C13H16O2/c1-13(11(14)7-8-12(13)15)9-10-5-3-2-4-6-10/h2-6,11,14H,7-9H2,1H3/t11-,13-/m0/s1. The number of carbonyl (C=O) groups is 1. The van der Waals surface area contributed by atoms with E-state index in [0.717, 1.165) is 5.56 Å². The van der Waals surface area contributed by atoms with Crippen LogP contribution in [-0.2, 0) is 11.2 Å². The summed E-state index contributed by atoms with van der Waals surface area (Å²) in [5, 5.41) is 9.86. The number of aliphatic hydroxyl groups is 1. The van der Waals surface area contributed by atoms with Gasteiger partial charge in [0, 0.05) is 6.42 Å². The number of ketones is 1. The molecule has 1 aliphatic carbocycles. The summed E-state index contributed by atoms with van der Waals surface area (Å²) in [6.07, 6.45) is 1.30.